The standard InChI is InChI=1S/C10H18N2O2/c1-10(2,3)11-9(14)12-6-4-8(13)5-7-12/h4-7H2,1-3H3,(H,11,14). The van der Waals surface area contributed by atoms with Gasteiger partial charge in [0.05, 0.1) is 0 Å². The number of nitrogens with zero attached hydrogens (tertiary/aromatic N) is 1. The van der Waals surface area contributed by atoms with E-state index in [0.29, 0.717) is 25.9 Å². The lowest BCUT2D eigenvalue weighted by Crippen LogP contribution is -2.50. The number of rotatable bonds is 0. The number of hydrogen-bond acceptors (Lipinski definition) is 2. The predicted octanol–water partition coefficient (Wildman–Crippen LogP) is 1.16. The van der Waals surface area contributed by atoms with Crippen LogP contribution in [0.1, 0.15) is 33.6 Å². The molecular weight excluding hydrogens is 180 g/mol. The lowest BCUT2D eigenvalue weighted by Gasteiger charge is -2.30. The Morgan fingerprint density at radius 3 is 2.21 bits per heavy atom. The molecule has 4 heteroatoms. The zero-order valence-electron chi connectivity index (χ0n) is 9.09. The van der Waals surface area contributed by atoms with E-state index >= 15 is 0 Å². The Kier molecular flexibility index (Phi) is 3.13. The van der Waals surface area contributed by atoms with Gasteiger partial charge in [-0.3, -0.25) is 4.79 Å². The molecule has 4 nitrogen and oxygen atoms in total. The average molecular weight is 198 g/mol. The summed E-state index contributed by atoms with van der Waals surface area (Å²) >= 11 is 0. The van der Waals surface area contributed by atoms with Crippen molar-refractivity contribution < 1.29 is 9.59 Å². The number of likely N-dealkylation sites (tertiary alicyclic amines) is 1. The smallest absolute Gasteiger partial charge is 0.317 e. The number of urea groups is 1. The molecule has 1 fully saturated rings. The minimum absolute atomic E-state index is 0.0648. The fraction of sp³-hybridized carbons (Fsp3) is 0.800. The first-order valence-electron chi connectivity index (χ1n) is 4.97. The number of amides is 2. The highest BCUT2D eigenvalue weighted by atomic mass is 16.2. The highest BCUT2D eigenvalue weighted by molar-refractivity contribution is 5.82. The van der Waals surface area contributed by atoms with Crippen molar-refractivity contribution in [1.29, 1.82) is 0 Å². The van der Waals surface area contributed by atoms with Gasteiger partial charge in [-0.2, -0.15) is 0 Å². The van der Waals surface area contributed by atoms with Crippen molar-refractivity contribution in [2.24, 2.45) is 0 Å². The van der Waals surface area contributed by atoms with Gasteiger partial charge in [0, 0.05) is 31.5 Å². The zero-order valence-corrected chi connectivity index (χ0v) is 9.09. The van der Waals surface area contributed by atoms with Crippen molar-refractivity contribution in [2.45, 2.75) is 39.2 Å². The SMILES string of the molecule is CC(C)(C)NC(=O)N1CCC(=O)CC1. The van der Waals surface area contributed by atoms with Gasteiger partial charge in [0.25, 0.3) is 0 Å². The van der Waals surface area contributed by atoms with E-state index in [0.717, 1.165) is 0 Å². The molecule has 2 amide bonds. The molecule has 0 aromatic carbocycles. The zero-order chi connectivity index (χ0) is 10.8. The predicted molar refractivity (Wildman–Crippen MR) is 54.1 cm³/mol. The molecule has 80 valence electrons. The van der Waals surface area contributed by atoms with Gasteiger partial charge in [0.2, 0.25) is 0 Å². The van der Waals surface area contributed by atoms with E-state index in [4.69, 9.17) is 0 Å². The number of hydrogen-bond donors (Lipinski definition) is 1. The lowest BCUT2D eigenvalue weighted by atomic mass is 10.1. The van der Waals surface area contributed by atoms with Crippen molar-refractivity contribution in [3.8, 4) is 0 Å². The number of ketones is 1. The second-order valence-electron chi connectivity index (χ2n) is 4.71. The van der Waals surface area contributed by atoms with Crippen LogP contribution in [0.25, 0.3) is 0 Å². The van der Waals surface area contributed by atoms with Gasteiger partial charge >= 0.3 is 6.03 Å². The van der Waals surface area contributed by atoms with Gasteiger partial charge < -0.3 is 10.2 Å². The van der Waals surface area contributed by atoms with Crippen LogP contribution in [0.4, 0.5) is 4.79 Å². The Labute approximate surface area is 84.7 Å². The van der Waals surface area contributed by atoms with E-state index < -0.39 is 0 Å². The summed E-state index contributed by atoms with van der Waals surface area (Å²) in [6.07, 6.45) is 0.995. The fourth-order valence-corrected chi connectivity index (χ4v) is 1.36. The van der Waals surface area contributed by atoms with Gasteiger partial charge in [-0.1, -0.05) is 0 Å². The Morgan fingerprint density at radius 1 is 1.29 bits per heavy atom. The summed E-state index contributed by atoms with van der Waals surface area (Å²) in [5, 5.41) is 2.88. The minimum atomic E-state index is -0.210. The topological polar surface area (TPSA) is 49.4 Å². The molecule has 0 aromatic heterocycles. The normalized spacial score (nSPS) is 18.2. The molecule has 0 atom stereocenters. The third kappa shape index (κ3) is 3.36. The third-order valence-corrected chi connectivity index (χ3v) is 2.09. The van der Waals surface area contributed by atoms with Crippen molar-refractivity contribution in [3.63, 3.8) is 0 Å². The molecule has 0 aliphatic carbocycles. The van der Waals surface area contributed by atoms with Crippen LogP contribution in [0.5, 0.6) is 0 Å². The van der Waals surface area contributed by atoms with E-state index in [1.54, 1.807) is 4.90 Å². The average Bonchev–Trinajstić information content (AvgIpc) is 2.02. The summed E-state index contributed by atoms with van der Waals surface area (Å²) in [7, 11) is 0. The Balaban J connectivity index is 2.42. The molecule has 14 heavy (non-hydrogen) atoms. The summed E-state index contributed by atoms with van der Waals surface area (Å²) in [5.41, 5.74) is -0.210. The maximum absolute atomic E-state index is 11.6. The molecule has 0 bridgehead atoms. The maximum atomic E-state index is 11.6. The molecule has 1 rings (SSSR count). The van der Waals surface area contributed by atoms with Crippen molar-refractivity contribution in [1.82, 2.24) is 10.2 Å². The highest BCUT2D eigenvalue weighted by Crippen LogP contribution is 2.07. The summed E-state index contributed by atoms with van der Waals surface area (Å²) in [5.74, 6) is 0.254. The molecule has 1 aliphatic rings. The van der Waals surface area contributed by atoms with Crippen LogP contribution in [0.3, 0.4) is 0 Å². The second-order valence-corrected chi connectivity index (χ2v) is 4.71. The van der Waals surface area contributed by atoms with Gasteiger partial charge in [-0.05, 0) is 20.8 Å². The molecule has 1 heterocycles. The fourth-order valence-electron chi connectivity index (χ4n) is 1.36. The van der Waals surface area contributed by atoms with E-state index in [9.17, 15) is 9.59 Å². The van der Waals surface area contributed by atoms with Crippen LogP contribution in [0, 0.1) is 0 Å². The Morgan fingerprint density at radius 2 is 1.79 bits per heavy atom. The maximum Gasteiger partial charge on any atom is 0.317 e. The van der Waals surface area contributed by atoms with E-state index in [1.807, 2.05) is 20.8 Å². The first kappa shape index (κ1) is 11.0. The number of carbonyl (C=O) groups excluding carboxylic acids is 2. The molecule has 1 N–H and O–H groups in total. The first-order chi connectivity index (χ1) is 6.38. The van der Waals surface area contributed by atoms with Crippen LogP contribution in [-0.2, 0) is 4.79 Å². The summed E-state index contributed by atoms with van der Waals surface area (Å²) in [4.78, 5) is 24.3. The molecule has 0 saturated carbocycles. The van der Waals surface area contributed by atoms with Crippen molar-refractivity contribution in [2.75, 3.05) is 13.1 Å². The number of carbonyl (C=O) groups is 2. The molecule has 0 radical (unpaired) electrons. The van der Waals surface area contributed by atoms with Crippen LogP contribution in [0.2, 0.25) is 0 Å². The van der Waals surface area contributed by atoms with Crippen LogP contribution < -0.4 is 5.32 Å². The van der Waals surface area contributed by atoms with E-state index in [1.165, 1.54) is 0 Å². The van der Waals surface area contributed by atoms with Gasteiger partial charge in [0.15, 0.2) is 0 Å². The quantitative estimate of drug-likeness (QED) is 0.635. The van der Waals surface area contributed by atoms with Crippen molar-refractivity contribution in [3.05, 3.63) is 0 Å². The molecule has 0 spiro atoms. The Hall–Kier alpha value is -1.06. The highest BCUT2D eigenvalue weighted by Gasteiger charge is 2.23. The molecule has 0 unspecified atom stereocenters. The summed E-state index contributed by atoms with van der Waals surface area (Å²) in [6.45, 7) is 6.95. The van der Waals surface area contributed by atoms with Gasteiger partial charge in [-0.25, -0.2) is 4.79 Å². The molecular formula is C10H18N2O2. The third-order valence-electron chi connectivity index (χ3n) is 2.09. The minimum Gasteiger partial charge on any atom is -0.333 e. The Bertz CT molecular complexity index is 233. The van der Waals surface area contributed by atoms with Gasteiger partial charge in [-0.15, -0.1) is 0 Å². The van der Waals surface area contributed by atoms with Crippen LogP contribution >= 0.6 is 0 Å². The van der Waals surface area contributed by atoms with Crippen LogP contribution in [-0.4, -0.2) is 35.3 Å². The molecule has 1 aliphatic heterocycles. The summed E-state index contributed by atoms with van der Waals surface area (Å²) in [6, 6.07) is -0.0648. The number of Topliss-reactive ketones (excluding diaryl/α,β-unsaturated/α-hetero) is 1. The van der Waals surface area contributed by atoms with E-state index in [2.05, 4.69) is 5.32 Å². The molecule has 1 saturated heterocycles. The second kappa shape index (κ2) is 3.98. The van der Waals surface area contributed by atoms with Crippen molar-refractivity contribution >= 4 is 11.8 Å². The summed E-state index contributed by atoms with van der Waals surface area (Å²) < 4.78 is 0. The largest absolute Gasteiger partial charge is 0.333 e. The monoisotopic (exact) mass is 198 g/mol. The first-order valence-corrected chi connectivity index (χ1v) is 4.97. The van der Waals surface area contributed by atoms with Crippen LogP contribution in [0.15, 0.2) is 0 Å². The van der Waals surface area contributed by atoms with Gasteiger partial charge in [0.1, 0.15) is 5.78 Å². The van der Waals surface area contributed by atoms with E-state index in [-0.39, 0.29) is 17.4 Å². The lowest BCUT2D eigenvalue weighted by molar-refractivity contribution is -0.120. The molecule has 0 aromatic rings. The number of piperidine rings is 1. The number of nitrogens with one attached hydrogen (secondary N) is 1.